The van der Waals surface area contributed by atoms with Crippen molar-refractivity contribution in [1.82, 2.24) is 14.3 Å². The van der Waals surface area contributed by atoms with Gasteiger partial charge in [0.25, 0.3) is 0 Å². The molecule has 1 heterocycles. The van der Waals surface area contributed by atoms with Crippen molar-refractivity contribution < 1.29 is 4.74 Å². The molecule has 0 fully saturated rings. The maximum absolute atomic E-state index is 8.66. The normalized spacial score (nSPS) is 10.6. The molecule has 3 aromatic rings. The molecule has 0 unspecified atom stereocenters. The third-order valence-corrected chi connectivity index (χ3v) is 4.91. The molecule has 154 valence electrons. The average Bonchev–Trinajstić information content (AvgIpc) is 2.75. The van der Waals surface area contributed by atoms with Crippen LogP contribution in [-0.4, -0.2) is 40.1 Å². The van der Waals surface area contributed by atoms with Gasteiger partial charge in [-0.15, -0.1) is 0 Å². The molecule has 30 heavy (non-hydrogen) atoms. The molecule has 0 bridgehead atoms. The van der Waals surface area contributed by atoms with Crippen LogP contribution in [-0.2, 0) is 0 Å². The highest BCUT2D eigenvalue weighted by atomic mass is 32.2. The number of nitrogen functional groups attached to an aromatic ring is 1. The van der Waals surface area contributed by atoms with E-state index in [2.05, 4.69) is 21.9 Å². The van der Waals surface area contributed by atoms with Crippen LogP contribution in [0.3, 0.4) is 0 Å². The van der Waals surface area contributed by atoms with Crippen LogP contribution in [0.15, 0.2) is 72.9 Å². The molecule has 3 rings (SSSR count). The summed E-state index contributed by atoms with van der Waals surface area (Å²) in [7, 11) is 1.98. The lowest BCUT2D eigenvalue weighted by Gasteiger charge is -2.16. The Balaban J connectivity index is 1.73. The predicted molar refractivity (Wildman–Crippen MR) is 124 cm³/mol. The number of aromatic nitrogens is 2. The quantitative estimate of drug-likeness (QED) is 0.330. The number of likely N-dealkylation sites (N-methyl/N-ethyl adjacent to an activating group) is 1. The number of benzene rings is 2. The molecule has 2 aromatic carbocycles. The summed E-state index contributed by atoms with van der Waals surface area (Å²) in [6.07, 6.45) is 1.40. The molecule has 4 N–H and O–H groups in total. The Kier molecular flexibility index (Phi) is 7.42. The van der Waals surface area contributed by atoms with Gasteiger partial charge >= 0.3 is 0 Å². The van der Waals surface area contributed by atoms with Crippen molar-refractivity contribution in [2.24, 2.45) is 0 Å². The van der Waals surface area contributed by atoms with E-state index in [4.69, 9.17) is 15.9 Å². The number of para-hydroxylation sites is 1. The van der Waals surface area contributed by atoms with Gasteiger partial charge in [0.15, 0.2) is 0 Å². The predicted octanol–water partition coefficient (Wildman–Crippen LogP) is 4.40. The fourth-order valence-corrected chi connectivity index (χ4v) is 3.20. The van der Waals surface area contributed by atoms with E-state index in [1.165, 1.54) is 18.3 Å². The van der Waals surface area contributed by atoms with Gasteiger partial charge in [-0.2, -0.15) is 0 Å². The molecule has 0 aliphatic rings. The van der Waals surface area contributed by atoms with Crippen molar-refractivity contribution in [3.63, 3.8) is 0 Å². The number of hydrogen-bond donors (Lipinski definition) is 3. The molecule has 7 nitrogen and oxygen atoms in total. The Hall–Kier alpha value is -3.36. The van der Waals surface area contributed by atoms with Crippen molar-refractivity contribution in [2.45, 2.75) is 0 Å². The minimum Gasteiger partial charge on any atom is -0.457 e. The van der Waals surface area contributed by atoms with Crippen LogP contribution in [0.1, 0.15) is 11.1 Å². The fourth-order valence-electron chi connectivity index (χ4n) is 2.75. The number of hydrogen-bond acceptors (Lipinski definition) is 8. The number of ether oxygens (including phenoxy) is 1. The van der Waals surface area contributed by atoms with E-state index in [0.29, 0.717) is 29.2 Å². The number of nitrogens with one attached hydrogen (secondary N) is 2. The van der Waals surface area contributed by atoms with Gasteiger partial charge in [0.1, 0.15) is 29.5 Å². The van der Waals surface area contributed by atoms with Gasteiger partial charge in [-0.3, -0.25) is 5.41 Å². The SMILES string of the molecule is C=CSN(C)CCNc1ncnc(N)c1C(=N)c1ccc(Oc2ccccc2)cc1. The van der Waals surface area contributed by atoms with Gasteiger partial charge < -0.3 is 15.8 Å². The smallest absolute Gasteiger partial charge is 0.141 e. The van der Waals surface area contributed by atoms with Crippen molar-refractivity contribution >= 4 is 29.3 Å². The first-order valence-corrected chi connectivity index (χ1v) is 10.2. The molecule has 0 saturated heterocycles. The van der Waals surface area contributed by atoms with Crippen molar-refractivity contribution in [2.75, 3.05) is 31.2 Å². The molecule has 0 saturated carbocycles. The van der Waals surface area contributed by atoms with Gasteiger partial charge in [0, 0.05) is 18.7 Å². The van der Waals surface area contributed by atoms with E-state index in [-0.39, 0.29) is 11.5 Å². The fraction of sp³-hybridized carbons (Fsp3) is 0.136. The summed E-state index contributed by atoms with van der Waals surface area (Å²) in [5.41, 5.74) is 7.51. The second-order valence-electron chi connectivity index (χ2n) is 6.35. The average molecular weight is 421 g/mol. The Labute approximate surface area is 180 Å². The van der Waals surface area contributed by atoms with E-state index in [1.807, 2.05) is 66.0 Å². The van der Waals surface area contributed by atoms with Gasteiger partial charge in [0.05, 0.1) is 11.3 Å². The van der Waals surface area contributed by atoms with Crippen LogP contribution in [0.25, 0.3) is 0 Å². The summed E-state index contributed by atoms with van der Waals surface area (Å²) in [6, 6.07) is 16.8. The highest BCUT2D eigenvalue weighted by molar-refractivity contribution is 7.99. The Morgan fingerprint density at radius 1 is 1.17 bits per heavy atom. The lowest BCUT2D eigenvalue weighted by atomic mass is 10.0. The van der Waals surface area contributed by atoms with Gasteiger partial charge in [0.2, 0.25) is 0 Å². The summed E-state index contributed by atoms with van der Waals surface area (Å²) in [5, 5.41) is 13.7. The number of rotatable bonds is 10. The molecule has 0 atom stereocenters. The zero-order chi connectivity index (χ0) is 21.3. The number of nitrogens with two attached hydrogens (primary N) is 1. The Bertz CT molecular complexity index is 994. The van der Waals surface area contributed by atoms with E-state index in [9.17, 15) is 0 Å². The Morgan fingerprint density at radius 3 is 2.57 bits per heavy atom. The maximum atomic E-state index is 8.66. The second kappa shape index (κ2) is 10.4. The van der Waals surface area contributed by atoms with E-state index >= 15 is 0 Å². The maximum Gasteiger partial charge on any atom is 0.141 e. The van der Waals surface area contributed by atoms with E-state index in [0.717, 1.165) is 12.3 Å². The Morgan fingerprint density at radius 2 is 1.87 bits per heavy atom. The highest BCUT2D eigenvalue weighted by Crippen LogP contribution is 2.25. The summed E-state index contributed by atoms with van der Waals surface area (Å²) in [5.74, 6) is 2.24. The highest BCUT2D eigenvalue weighted by Gasteiger charge is 2.16. The van der Waals surface area contributed by atoms with Crippen LogP contribution in [0.2, 0.25) is 0 Å². The minimum absolute atomic E-state index is 0.246. The topological polar surface area (TPSA) is 100 Å². The molecule has 0 aliphatic carbocycles. The van der Waals surface area contributed by atoms with Crippen LogP contribution >= 0.6 is 11.9 Å². The summed E-state index contributed by atoms with van der Waals surface area (Å²) < 4.78 is 7.86. The van der Waals surface area contributed by atoms with Gasteiger partial charge in [-0.25, -0.2) is 14.3 Å². The molecule has 0 spiro atoms. The molecular weight excluding hydrogens is 396 g/mol. The lowest BCUT2D eigenvalue weighted by Crippen LogP contribution is -2.21. The molecule has 8 heteroatoms. The van der Waals surface area contributed by atoms with E-state index < -0.39 is 0 Å². The third-order valence-electron chi connectivity index (χ3n) is 4.22. The first kappa shape index (κ1) is 21.4. The summed E-state index contributed by atoms with van der Waals surface area (Å²) >= 11 is 1.52. The standard InChI is InChI=1S/C22H24N6OS/c1-3-30-28(2)14-13-25-22-19(21(24)26-15-27-22)20(23)16-9-11-18(12-10-16)29-17-7-5-4-6-8-17/h3-12,15,23H,1,13-14H2,2H3,(H3,24,25,26,27). The minimum atomic E-state index is 0.246. The first-order chi connectivity index (χ1) is 14.6. The van der Waals surface area contributed by atoms with Crippen LogP contribution in [0.4, 0.5) is 11.6 Å². The zero-order valence-corrected chi connectivity index (χ0v) is 17.5. The molecular formula is C22H24N6OS. The zero-order valence-electron chi connectivity index (χ0n) is 16.7. The largest absolute Gasteiger partial charge is 0.457 e. The monoisotopic (exact) mass is 420 g/mol. The first-order valence-electron chi connectivity index (χ1n) is 9.34. The molecule has 1 aromatic heterocycles. The van der Waals surface area contributed by atoms with Gasteiger partial charge in [-0.1, -0.05) is 36.7 Å². The van der Waals surface area contributed by atoms with Crippen molar-refractivity contribution in [3.05, 3.63) is 84.0 Å². The summed E-state index contributed by atoms with van der Waals surface area (Å²) in [6.45, 7) is 5.11. The molecule has 0 aliphatic heterocycles. The van der Waals surface area contributed by atoms with Crippen LogP contribution < -0.4 is 15.8 Å². The van der Waals surface area contributed by atoms with Crippen molar-refractivity contribution in [1.29, 1.82) is 5.41 Å². The third kappa shape index (κ3) is 5.59. The van der Waals surface area contributed by atoms with Crippen LogP contribution in [0, 0.1) is 5.41 Å². The van der Waals surface area contributed by atoms with Gasteiger partial charge in [-0.05, 0) is 48.9 Å². The van der Waals surface area contributed by atoms with E-state index in [1.54, 1.807) is 5.41 Å². The summed E-state index contributed by atoms with van der Waals surface area (Å²) in [4.78, 5) is 8.35. The van der Waals surface area contributed by atoms with Crippen LogP contribution in [0.5, 0.6) is 11.5 Å². The second-order valence-corrected chi connectivity index (χ2v) is 7.51. The molecule has 0 amide bonds. The lowest BCUT2D eigenvalue weighted by molar-refractivity contribution is 0.482. The molecule has 0 radical (unpaired) electrons. The number of anilines is 2. The van der Waals surface area contributed by atoms with Crippen molar-refractivity contribution in [3.8, 4) is 11.5 Å². The number of nitrogens with zero attached hydrogens (tertiary/aromatic N) is 3.